The van der Waals surface area contributed by atoms with E-state index in [0.717, 1.165) is 34.1 Å². The monoisotopic (exact) mass is 453 g/mol. The highest BCUT2D eigenvalue weighted by Gasteiger charge is 2.23. The van der Waals surface area contributed by atoms with E-state index in [-0.39, 0.29) is 18.5 Å². The Kier molecular flexibility index (Phi) is 7.58. The van der Waals surface area contributed by atoms with Gasteiger partial charge in [0.1, 0.15) is 6.54 Å². The fourth-order valence-corrected chi connectivity index (χ4v) is 5.10. The molecule has 1 aromatic heterocycles. The number of imidazole rings is 1. The second-order valence-electron chi connectivity index (χ2n) is 8.25. The van der Waals surface area contributed by atoms with Crippen molar-refractivity contribution in [3.63, 3.8) is 0 Å². The molecule has 32 heavy (non-hydrogen) atoms. The van der Waals surface area contributed by atoms with Crippen LogP contribution in [0.1, 0.15) is 32.6 Å². The quantitative estimate of drug-likeness (QED) is 0.368. The zero-order chi connectivity index (χ0) is 22.3. The lowest BCUT2D eigenvalue weighted by Gasteiger charge is -2.29. The van der Waals surface area contributed by atoms with Gasteiger partial charge in [0.2, 0.25) is 5.91 Å². The molecular weight excluding hydrogens is 422 g/mol. The molecule has 0 aliphatic heterocycles. The first-order valence-electron chi connectivity index (χ1n) is 11.3. The smallest absolute Gasteiger partial charge is 0.240 e. The van der Waals surface area contributed by atoms with E-state index >= 15 is 0 Å². The highest BCUT2D eigenvalue weighted by molar-refractivity contribution is 7.99. The van der Waals surface area contributed by atoms with Crippen molar-refractivity contribution in [3.8, 4) is 11.5 Å². The Labute approximate surface area is 193 Å². The van der Waals surface area contributed by atoms with Crippen LogP contribution in [0.15, 0.2) is 53.7 Å². The second-order valence-corrected chi connectivity index (χ2v) is 9.31. The minimum Gasteiger partial charge on any atom is -0.493 e. The van der Waals surface area contributed by atoms with Gasteiger partial charge >= 0.3 is 0 Å². The number of fused-ring (bicyclic) bond motifs is 1. The van der Waals surface area contributed by atoms with Gasteiger partial charge in [0.05, 0.1) is 24.8 Å². The largest absolute Gasteiger partial charge is 0.493 e. The van der Waals surface area contributed by atoms with E-state index in [9.17, 15) is 4.79 Å². The summed E-state index contributed by atoms with van der Waals surface area (Å²) in [6.45, 7) is 3.03. The van der Waals surface area contributed by atoms with Gasteiger partial charge in [-0.2, -0.15) is 0 Å². The third-order valence-corrected chi connectivity index (χ3v) is 6.96. The molecule has 1 amide bonds. The number of methoxy groups -OCH3 is 1. The van der Waals surface area contributed by atoms with Crippen LogP contribution in [0.5, 0.6) is 11.5 Å². The van der Waals surface area contributed by atoms with E-state index < -0.39 is 0 Å². The summed E-state index contributed by atoms with van der Waals surface area (Å²) < 4.78 is 13.3. The number of hydrogen-bond donors (Lipinski definition) is 1. The first-order chi connectivity index (χ1) is 15.7. The van der Waals surface area contributed by atoms with E-state index in [1.165, 1.54) is 19.3 Å². The fourth-order valence-electron chi connectivity index (χ4n) is 4.27. The molecule has 1 fully saturated rings. The fraction of sp³-hybridized carbons (Fsp3) is 0.440. The van der Waals surface area contributed by atoms with Crippen LogP contribution < -0.4 is 14.8 Å². The molecule has 0 saturated heterocycles. The normalized spacial score (nSPS) is 18.4. The van der Waals surface area contributed by atoms with Gasteiger partial charge in [-0.25, -0.2) is 4.98 Å². The standard InChI is InChI=1S/C25H31N3O3S/c1-18-9-3-4-10-19(18)26-24(29)17-28-21-12-6-5-11-20(21)27-25(28)32-16-15-31-23-14-8-7-13-22(23)30-2/h5-8,11-14,18-19H,3-4,9-10,15-17H2,1-2H3,(H,26,29)/t18-,19+/m1/s1. The van der Waals surface area contributed by atoms with E-state index in [4.69, 9.17) is 14.5 Å². The molecule has 0 unspecified atom stereocenters. The van der Waals surface area contributed by atoms with Crippen LogP contribution in [0.25, 0.3) is 11.0 Å². The van der Waals surface area contributed by atoms with Crippen LogP contribution in [0.4, 0.5) is 0 Å². The van der Waals surface area contributed by atoms with Gasteiger partial charge in [-0.3, -0.25) is 4.79 Å². The van der Waals surface area contributed by atoms with Crippen LogP contribution in [0, 0.1) is 5.92 Å². The Balaban J connectivity index is 1.41. The molecule has 6 nitrogen and oxygen atoms in total. The third kappa shape index (κ3) is 5.38. The number of benzene rings is 2. The Hall–Kier alpha value is -2.67. The summed E-state index contributed by atoms with van der Waals surface area (Å²) in [5.74, 6) is 2.75. The molecule has 7 heteroatoms. The van der Waals surface area contributed by atoms with E-state index in [1.54, 1.807) is 18.9 Å². The summed E-state index contributed by atoms with van der Waals surface area (Å²) in [7, 11) is 1.64. The molecule has 170 valence electrons. The molecule has 1 heterocycles. The van der Waals surface area contributed by atoms with Crippen molar-refractivity contribution in [1.82, 2.24) is 14.9 Å². The SMILES string of the molecule is COc1ccccc1OCCSc1nc2ccccc2n1CC(=O)N[C@H]1CCCC[C@H]1C. The summed E-state index contributed by atoms with van der Waals surface area (Å²) in [4.78, 5) is 17.7. The number of aromatic nitrogens is 2. The first kappa shape index (κ1) is 22.5. The van der Waals surface area contributed by atoms with Crippen molar-refractivity contribution in [2.45, 2.75) is 50.4 Å². The molecular formula is C25H31N3O3S. The minimum absolute atomic E-state index is 0.0547. The lowest BCUT2D eigenvalue weighted by Crippen LogP contribution is -2.42. The van der Waals surface area contributed by atoms with Gasteiger partial charge in [0, 0.05) is 11.8 Å². The number of amides is 1. The summed E-state index contributed by atoms with van der Waals surface area (Å²) >= 11 is 1.60. The molecule has 4 rings (SSSR count). The lowest BCUT2D eigenvalue weighted by molar-refractivity contribution is -0.123. The molecule has 1 aliphatic carbocycles. The van der Waals surface area contributed by atoms with Gasteiger partial charge < -0.3 is 19.4 Å². The number of ether oxygens (including phenoxy) is 2. The molecule has 0 spiro atoms. The minimum atomic E-state index is 0.0547. The molecule has 2 atom stereocenters. The predicted molar refractivity (Wildman–Crippen MR) is 129 cm³/mol. The van der Waals surface area contributed by atoms with Gasteiger partial charge in [-0.15, -0.1) is 0 Å². The average Bonchev–Trinajstić information content (AvgIpc) is 3.15. The maximum atomic E-state index is 12.9. The molecule has 3 aromatic rings. The number of para-hydroxylation sites is 4. The van der Waals surface area contributed by atoms with Crippen molar-refractivity contribution in [1.29, 1.82) is 0 Å². The van der Waals surface area contributed by atoms with Crippen LogP contribution in [-0.2, 0) is 11.3 Å². The van der Waals surface area contributed by atoms with Gasteiger partial charge in [-0.05, 0) is 43.0 Å². The Morgan fingerprint density at radius 1 is 1.12 bits per heavy atom. The van der Waals surface area contributed by atoms with E-state index in [0.29, 0.717) is 18.3 Å². The predicted octanol–water partition coefficient (Wildman–Crippen LogP) is 4.91. The number of carbonyl (C=O) groups is 1. The van der Waals surface area contributed by atoms with Gasteiger partial charge in [-0.1, -0.05) is 55.8 Å². The first-order valence-corrected chi connectivity index (χ1v) is 12.3. The van der Waals surface area contributed by atoms with Crippen molar-refractivity contribution in [2.75, 3.05) is 19.5 Å². The summed E-state index contributed by atoms with van der Waals surface area (Å²) in [5, 5.41) is 4.10. The number of nitrogens with zero attached hydrogens (tertiary/aromatic N) is 2. The molecule has 1 N–H and O–H groups in total. The zero-order valence-electron chi connectivity index (χ0n) is 18.8. The van der Waals surface area contributed by atoms with Crippen LogP contribution in [0.3, 0.4) is 0 Å². The molecule has 2 aromatic carbocycles. The van der Waals surface area contributed by atoms with Crippen molar-refractivity contribution >= 4 is 28.7 Å². The molecule has 0 radical (unpaired) electrons. The highest BCUT2D eigenvalue weighted by Crippen LogP contribution is 2.28. The lowest BCUT2D eigenvalue weighted by atomic mass is 9.86. The molecule has 1 saturated carbocycles. The van der Waals surface area contributed by atoms with E-state index in [1.807, 2.05) is 53.1 Å². The third-order valence-electron chi connectivity index (χ3n) is 6.02. The average molecular weight is 454 g/mol. The Bertz CT molecular complexity index is 1050. The van der Waals surface area contributed by atoms with Gasteiger partial charge in [0.15, 0.2) is 16.7 Å². The number of thioether (sulfide) groups is 1. The van der Waals surface area contributed by atoms with Crippen molar-refractivity contribution in [3.05, 3.63) is 48.5 Å². The number of nitrogens with one attached hydrogen (secondary N) is 1. The number of rotatable bonds is 9. The maximum Gasteiger partial charge on any atom is 0.240 e. The van der Waals surface area contributed by atoms with E-state index in [2.05, 4.69) is 12.2 Å². The van der Waals surface area contributed by atoms with Crippen LogP contribution in [-0.4, -0.2) is 41.0 Å². The zero-order valence-corrected chi connectivity index (χ0v) is 19.6. The number of hydrogen-bond acceptors (Lipinski definition) is 5. The Morgan fingerprint density at radius 3 is 2.69 bits per heavy atom. The number of carbonyl (C=O) groups excluding carboxylic acids is 1. The van der Waals surface area contributed by atoms with Crippen LogP contribution in [0.2, 0.25) is 0 Å². The van der Waals surface area contributed by atoms with Crippen LogP contribution >= 0.6 is 11.8 Å². The Morgan fingerprint density at radius 2 is 1.88 bits per heavy atom. The molecule has 0 bridgehead atoms. The van der Waals surface area contributed by atoms with Gasteiger partial charge in [0.25, 0.3) is 0 Å². The topological polar surface area (TPSA) is 65.4 Å². The maximum absolute atomic E-state index is 12.9. The van der Waals surface area contributed by atoms with Crippen molar-refractivity contribution < 1.29 is 14.3 Å². The second kappa shape index (κ2) is 10.8. The summed E-state index contributed by atoms with van der Waals surface area (Å²) in [6, 6.07) is 15.9. The molecule has 1 aliphatic rings. The van der Waals surface area contributed by atoms with Crippen molar-refractivity contribution in [2.24, 2.45) is 5.92 Å². The summed E-state index contributed by atoms with van der Waals surface area (Å²) in [6.07, 6.45) is 4.71. The summed E-state index contributed by atoms with van der Waals surface area (Å²) in [5.41, 5.74) is 1.88. The highest BCUT2D eigenvalue weighted by atomic mass is 32.2.